The van der Waals surface area contributed by atoms with Crippen molar-refractivity contribution in [2.75, 3.05) is 13.1 Å². The maximum atomic E-state index is 8.86. The fourth-order valence-corrected chi connectivity index (χ4v) is 0.496. The van der Waals surface area contributed by atoms with E-state index >= 15 is 0 Å². The second kappa shape index (κ2) is 5.03. The molecule has 4 N–H and O–H groups in total. The molecule has 0 aliphatic carbocycles. The average molecular weight is 118 g/mol. The predicted molar refractivity (Wildman–Crippen MR) is 33.4 cm³/mol. The van der Waals surface area contributed by atoms with Gasteiger partial charge < -0.3 is 10.8 Å². The van der Waals surface area contributed by atoms with Crippen molar-refractivity contribution >= 4 is 0 Å². The van der Waals surface area contributed by atoms with Gasteiger partial charge in [0.1, 0.15) is 6.23 Å². The van der Waals surface area contributed by atoms with E-state index in [1.807, 2.05) is 6.92 Å². The Kier molecular flexibility index (Phi) is 4.95. The average Bonchev–Trinajstić information content (AvgIpc) is 1.68. The Morgan fingerprint density at radius 3 is 2.75 bits per heavy atom. The fourth-order valence-electron chi connectivity index (χ4n) is 0.496. The van der Waals surface area contributed by atoms with Gasteiger partial charge in [0.25, 0.3) is 0 Å². The van der Waals surface area contributed by atoms with Crippen molar-refractivity contribution in [1.29, 1.82) is 0 Å². The Morgan fingerprint density at radius 1 is 1.75 bits per heavy atom. The molecule has 8 heavy (non-hydrogen) atoms. The summed E-state index contributed by atoms with van der Waals surface area (Å²) in [7, 11) is 0. The van der Waals surface area contributed by atoms with Crippen LogP contribution >= 0.6 is 0 Å². The topological polar surface area (TPSA) is 58.3 Å². The normalized spacial score (nSPS) is 13.9. The summed E-state index contributed by atoms with van der Waals surface area (Å²) in [5.41, 5.74) is 5.16. The largest absolute Gasteiger partial charge is 0.379 e. The molecular weight excluding hydrogens is 104 g/mol. The maximum absolute atomic E-state index is 8.86. The first-order valence-corrected chi connectivity index (χ1v) is 2.92. The first-order chi connectivity index (χ1) is 3.81. The summed E-state index contributed by atoms with van der Waals surface area (Å²) in [6.45, 7) is 3.27. The third-order valence-electron chi connectivity index (χ3n) is 0.880. The van der Waals surface area contributed by atoms with E-state index in [2.05, 4.69) is 5.32 Å². The van der Waals surface area contributed by atoms with Crippen molar-refractivity contribution < 1.29 is 5.11 Å². The summed E-state index contributed by atoms with van der Waals surface area (Å²) in [6, 6.07) is 0. The molecule has 0 radical (unpaired) electrons. The van der Waals surface area contributed by atoms with Crippen LogP contribution in [0.5, 0.6) is 0 Å². The summed E-state index contributed by atoms with van der Waals surface area (Å²) in [5, 5.41) is 11.7. The Labute approximate surface area is 49.9 Å². The van der Waals surface area contributed by atoms with Gasteiger partial charge in [0.2, 0.25) is 0 Å². The number of aliphatic hydroxyl groups is 1. The highest BCUT2D eigenvalue weighted by molar-refractivity contribution is 4.49. The molecule has 0 fully saturated rings. The van der Waals surface area contributed by atoms with Crippen molar-refractivity contribution in [2.24, 2.45) is 5.73 Å². The van der Waals surface area contributed by atoms with E-state index in [0.717, 1.165) is 6.54 Å². The van der Waals surface area contributed by atoms with Crippen LogP contribution in [0.25, 0.3) is 0 Å². The number of nitrogens with two attached hydrogens (primary N) is 1. The highest BCUT2D eigenvalue weighted by Crippen LogP contribution is 1.80. The summed E-state index contributed by atoms with van der Waals surface area (Å²) >= 11 is 0. The molecule has 0 amide bonds. The van der Waals surface area contributed by atoms with Crippen molar-refractivity contribution in [1.82, 2.24) is 5.32 Å². The maximum Gasteiger partial charge on any atom is 0.106 e. The third-order valence-corrected chi connectivity index (χ3v) is 0.880. The first kappa shape index (κ1) is 7.88. The Morgan fingerprint density at radius 2 is 2.38 bits per heavy atom. The number of rotatable bonds is 4. The lowest BCUT2D eigenvalue weighted by Crippen LogP contribution is -2.30. The van der Waals surface area contributed by atoms with Crippen LogP contribution in [0.4, 0.5) is 0 Å². The highest BCUT2D eigenvalue weighted by atomic mass is 16.3. The van der Waals surface area contributed by atoms with Gasteiger partial charge in [-0.3, -0.25) is 5.32 Å². The quantitative estimate of drug-likeness (QED) is 0.426. The van der Waals surface area contributed by atoms with Gasteiger partial charge >= 0.3 is 0 Å². The van der Waals surface area contributed by atoms with Crippen molar-refractivity contribution in [3.63, 3.8) is 0 Å². The van der Waals surface area contributed by atoms with Crippen LogP contribution < -0.4 is 11.1 Å². The van der Waals surface area contributed by atoms with E-state index < -0.39 is 6.23 Å². The molecule has 1 unspecified atom stereocenters. The molecule has 0 saturated heterocycles. The SMILES string of the molecule is CCNC(O)CCN. The lowest BCUT2D eigenvalue weighted by molar-refractivity contribution is 0.133. The smallest absolute Gasteiger partial charge is 0.106 e. The second-order valence-electron chi connectivity index (χ2n) is 1.65. The summed E-state index contributed by atoms with van der Waals surface area (Å²) in [4.78, 5) is 0. The van der Waals surface area contributed by atoms with Crippen LogP contribution in [0, 0.1) is 0 Å². The Balaban J connectivity index is 2.92. The minimum absolute atomic E-state index is 0.412. The van der Waals surface area contributed by atoms with Crippen LogP contribution in [0.15, 0.2) is 0 Å². The van der Waals surface area contributed by atoms with Gasteiger partial charge in [-0.1, -0.05) is 6.92 Å². The van der Waals surface area contributed by atoms with Crippen molar-refractivity contribution in [3.8, 4) is 0 Å². The predicted octanol–water partition coefficient (Wildman–Crippen LogP) is -0.737. The molecule has 0 aromatic carbocycles. The van der Waals surface area contributed by atoms with E-state index in [1.54, 1.807) is 0 Å². The summed E-state index contributed by atoms with van der Waals surface area (Å²) in [6.07, 6.45) is 0.221. The zero-order chi connectivity index (χ0) is 6.41. The van der Waals surface area contributed by atoms with Gasteiger partial charge in [0, 0.05) is 0 Å². The lowest BCUT2D eigenvalue weighted by atomic mass is 10.4. The molecule has 0 aliphatic rings. The number of hydrogen-bond donors (Lipinski definition) is 3. The van der Waals surface area contributed by atoms with Crippen LogP contribution in [0.2, 0.25) is 0 Å². The van der Waals surface area contributed by atoms with Crippen molar-refractivity contribution in [2.45, 2.75) is 19.6 Å². The highest BCUT2D eigenvalue weighted by Gasteiger charge is 1.95. The van der Waals surface area contributed by atoms with Gasteiger partial charge in [0.05, 0.1) is 0 Å². The fraction of sp³-hybridized carbons (Fsp3) is 1.00. The van der Waals surface area contributed by atoms with Gasteiger partial charge in [-0.2, -0.15) is 0 Å². The monoisotopic (exact) mass is 118 g/mol. The first-order valence-electron chi connectivity index (χ1n) is 2.92. The molecule has 0 heterocycles. The minimum Gasteiger partial charge on any atom is -0.379 e. The molecule has 3 heteroatoms. The Bertz CT molecular complexity index is 43.7. The Hall–Kier alpha value is -0.120. The van der Waals surface area contributed by atoms with E-state index in [9.17, 15) is 0 Å². The molecule has 0 aromatic rings. The van der Waals surface area contributed by atoms with Gasteiger partial charge in [-0.15, -0.1) is 0 Å². The van der Waals surface area contributed by atoms with Gasteiger partial charge in [-0.25, -0.2) is 0 Å². The van der Waals surface area contributed by atoms with Crippen LogP contribution in [0.3, 0.4) is 0 Å². The number of hydrogen-bond acceptors (Lipinski definition) is 3. The van der Waals surface area contributed by atoms with Gasteiger partial charge in [-0.05, 0) is 19.5 Å². The standard InChI is InChI=1S/C5H14N2O/c1-2-7-5(8)3-4-6/h5,7-8H,2-4,6H2,1H3. The molecule has 0 spiro atoms. The lowest BCUT2D eigenvalue weighted by Gasteiger charge is -2.07. The zero-order valence-corrected chi connectivity index (χ0v) is 5.22. The van der Waals surface area contributed by atoms with Crippen molar-refractivity contribution in [3.05, 3.63) is 0 Å². The molecule has 3 nitrogen and oxygen atoms in total. The minimum atomic E-state index is -0.412. The van der Waals surface area contributed by atoms with E-state index in [-0.39, 0.29) is 0 Å². The van der Waals surface area contributed by atoms with Crippen LogP contribution in [-0.4, -0.2) is 24.4 Å². The van der Waals surface area contributed by atoms with Gasteiger partial charge in [0.15, 0.2) is 0 Å². The molecule has 0 aromatic heterocycles. The molecule has 0 bridgehead atoms. The number of nitrogens with one attached hydrogen (secondary N) is 1. The molecule has 0 aliphatic heterocycles. The second-order valence-corrected chi connectivity index (χ2v) is 1.65. The molecule has 50 valence electrons. The third kappa shape index (κ3) is 4.05. The van der Waals surface area contributed by atoms with E-state index in [4.69, 9.17) is 10.8 Å². The number of aliphatic hydroxyl groups excluding tert-OH is 1. The molecular formula is C5H14N2O. The van der Waals surface area contributed by atoms with E-state index in [0.29, 0.717) is 13.0 Å². The summed E-state index contributed by atoms with van der Waals surface area (Å²) < 4.78 is 0. The van der Waals surface area contributed by atoms with Crippen LogP contribution in [-0.2, 0) is 0 Å². The molecule has 0 rings (SSSR count). The zero-order valence-electron chi connectivity index (χ0n) is 5.22. The molecule has 1 atom stereocenters. The summed E-state index contributed by atoms with van der Waals surface area (Å²) in [5.74, 6) is 0. The molecule has 0 saturated carbocycles. The van der Waals surface area contributed by atoms with E-state index in [1.165, 1.54) is 0 Å². The van der Waals surface area contributed by atoms with Crippen LogP contribution in [0.1, 0.15) is 13.3 Å².